The number of amides is 2. The maximum Gasteiger partial charge on any atom is 0.417 e. The SMILES string of the molecule is COC[C@@H](COc1c([C@H]2[C@H](C(=O)Nc3ccnc(C(N)=O)c3)O[C@@](C)(C(F)(F)F)[C@H]2C)ccc(F)c1F)OC. The number of pyridine rings is 1. The van der Waals surface area contributed by atoms with Crippen LogP contribution in [0, 0.1) is 17.6 Å². The van der Waals surface area contributed by atoms with E-state index in [-0.39, 0.29) is 30.2 Å². The molecule has 3 rings (SSSR count). The van der Waals surface area contributed by atoms with Crippen LogP contribution in [-0.2, 0) is 19.0 Å². The minimum absolute atomic E-state index is 0.00340. The molecule has 1 saturated heterocycles. The van der Waals surface area contributed by atoms with Crippen LogP contribution < -0.4 is 15.8 Å². The zero-order chi connectivity index (χ0) is 29.1. The summed E-state index contributed by atoms with van der Waals surface area (Å²) in [6.45, 7) is 1.66. The summed E-state index contributed by atoms with van der Waals surface area (Å²) in [4.78, 5) is 28.5. The number of nitrogens with two attached hydrogens (primary N) is 1. The lowest BCUT2D eigenvalue weighted by Gasteiger charge is -2.32. The molecule has 0 unspecified atom stereocenters. The molecule has 2 amide bonds. The predicted octanol–water partition coefficient (Wildman–Crippen LogP) is 3.58. The zero-order valence-corrected chi connectivity index (χ0v) is 21.5. The van der Waals surface area contributed by atoms with Crippen molar-refractivity contribution in [2.75, 3.05) is 32.8 Å². The fourth-order valence-corrected chi connectivity index (χ4v) is 4.38. The van der Waals surface area contributed by atoms with E-state index in [1.807, 2.05) is 0 Å². The van der Waals surface area contributed by atoms with Gasteiger partial charge >= 0.3 is 6.18 Å². The molecule has 9 nitrogen and oxygen atoms in total. The second-order valence-corrected chi connectivity index (χ2v) is 9.14. The van der Waals surface area contributed by atoms with E-state index in [0.717, 1.165) is 25.1 Å². The second-order valence-electron chi connectivity index (χ2n) is 9.14. The van der Waals surface area contributed by atoms with E-state index < -0.39 is 65.0 Å². The Morgan fingerprint density at radius 3 is 2.49 bits per heavy atom. The number of carbonyl (C=O) groups excluding carboxylic acids is 2. The van der Waals surface area contributed by atoms with Crippen LogP contribution in [0.5, 0.6) is 5.75 Å². The molecule has 0 saturated carbocycles. The summed E-state index contributed by atoms with van der Waals surface area (Å²) in [6, 6.07) is 4.20. The van der Waals surface area contributed by atoms with Crippen LogP contribution in [0.2, 0.25) is 0 Å². The molecule has 1 aliphatic heterocycles. The first-order chi connectivity index (χ1) is 18.2. The van der Waals surface area contributed by atoms with Gasteiger partial charge in [-0.25, -0.2) is 4.39 Å². The number of nitrogens with zero attached hydrogens (tertiary/aromatic N) is 1. The molecule has 0 bridgehead atoms. The Morgan fingerprint density at radius 1 is 1.21 bits per heavy atom. The molecule has 1 aromatic heterocycles. The van der Waals surface area contributed by atoms with Crippen molar-refractivity contribution in [1.82, 2.24) is 4.98 Å². The van der Waals surface area contributed by atoms with Gasteiger partial charge in [0.15, 0.2) is 17.2 Å². The average Bonchev–Trinajstić information content (AvgIpc) is 3.16. The summed E-state index contributed by atoms with van der Waals surface area (Å²) in [5, 5.41) is 2.39. The highest BCUT2D eigenvalue weighted by Gasteiger charge is 2.66. The van der Waals surface area contributed by atoms with Crippen molar-refractivity contribution < 1.29 is 50.5 Å². The number of rotatable bonds is 10. The number of ether oxygens (including phenoxy) is 4. The van der Waals surface area contributed by atoms with Gasteiger partial charge in [0.25, 0.3) is 11.8 Å². The van der Waals surface area contributed by atoms with Gasteiger partial charge in [-0.2, -0.15) is 17.6 Å². The maximum absolute atomic E-state index is 15.0. The average molecular weight is 562 g/mol. The monoisotopic (exact) mass is 561 g/mol. The van der Waals surface area contributed by atoms with E-state index in [1.165, 1.54) is 33.4 Å². The van der Waals surface area contributed by atoms with E-state index in [2.05, 4.69) is 10.3 Å². The smallest absolute Gasteiger partial charge is 0.417 e. The van der Waals surface area contributed by atoms with Crippen molar-refractivity contribution in [2.45, 2.75) is 43.8 Å². The molecule has 1 fully saturated rings. The molecular formula is C25H28F5N3O6. The third kappa shape index (κ3) is 6.12. The molecule has 3 N–H and O–H groups in total. The van der Waals surface area contributed by atoms with Gasteiger partial charge in [-0.05, 0) is 25.1 Å². The van der Waals surface area contributed by atoms with Gasteiger partial charge in [0.1, 0.15) is 24.5 Å². The number of methoxy groups -OCH3 is 2. The Morgan fingerprint density at radius 2 is 1.90 bits per heavy atom. The van der Waals surface area contributed by atoms with Crippen LogP contribution in [0.15, 0.2) is 30.5 Å². The minimum Gasteiger partial charge on any atom is -0.487 e. The van der Waals surface area contributed by atoms with Crippen molar-refractivity contribution in [3.8, 4) is 5.75 Å². The lowest BCUT2D eigenvalue weighted by Crippen LogP contribution is -2.47. The number of benzene rings is 1. The topological polar surface area (TPSA) is 122 Å². The van der Waals surface area contributed by atoms with Crippen molar-refractivity contribution in [1.29, 1.82) is 0 Å². The largest absolute Gasteiger partial charge is 0.487 e. The zero-order valence-electron chi connectivity index (χ0n) is 21.5. The molecule has 14 heteroatoms. The van der Waals surface area contributed by atoms with Crippen LogP contribution in [-0.4, -0.2) is 68.2 Å². The van der Waals surface area contributed by atoms with E-state index in [4.69, 9.17) is 24.7 Å². The number of hydrogen-bond donors (Lipinski definition) is 2. The Kier molecular flexibility index (Phi) is 9.13. The van der Waals surface area contributed by atoms with Crippen LogP contribution in [0.25, 0.3) is 0 Å². The van der Waals surface area contributed by atoms with Crippen LogP contribution in [0.1, 0.15) is 35.8 Å². The summed E-state index contributed by atoms with van der Waals surface area (Å²) >= 11 is 0. The van der Waals surface area contributed by atoms with Crippen molar-refractivity contribution in [2.24, 2.45) is 11.7 Å². The number of alkyl halides is 3. The molecular weight excluding hydrogens is 533 g/mol. The first-order valence-corrected chi connectivity index (χ1v) is 11.7. The van der Waals surface area contributed by atoms with Gasteiger partial charge in [0.2, 0.25) is 5.82 Å². The highest BCUT2D eigenvalue weighted by atomic mass is 19.4. The molecule has 0 aliphatic carbocycles. The van der Waals surface area contributed by atoms with Crippen molar-refractivity contribution in [3.63, 3.8) is 0 Å². The van der Waals surface area contributed by atoms with Gasteiger partial charge in [0.05, 0.1) is 6.61 Å². The predicted molar refractivity (Wildman–Crippen MR) is 127 cm³/mol. The highest BCUT2D eigenvalue weighted by Crippen LogP contribution is 2.55. The van der Waals surface area contributed by atoms with Crippen molar-refractivity contribution >= 4 is 17.5 Å². The molecule has 39 heavy (non-hydrogen) atoms. The molecule has 0 radical (unpaired) electrons. The molecule has 5 atom stereocenters. The van der Waals surface area contributed by atoms with Crippen LogP contribution in [0.4, 0.5) is 27.6 Å². The Balaban J connectivity index is 2.07. The minimum atomic E-state index is -4.94. The molecule has 1 aliphatic rings. The number of anilines is 1. The first kappa shape index (κ1) is 30.2. The van der Waals surface area contributed by atoms with Gasteiger partial charge in [-0.1, -0.05) is 13.0 Å². The molecule has 2 heterocycles. The summed E-state index contributed by atoms with van der Waals surface area (Å²) in [7, 11) is 2.72. The van der Waals surface area contributed by atoms with E-state index in [0.29, 0.717) is 0 Å². The summed E-state index contributed by atoms with van der Waals surface area (Å²) < 4.78 is 92.9. The summed E-state index contributed by atoms with van der Waals surface area (Å²) in [5.74, 6) is -8.28. The Bertz CT molecular complexity index is 1210. The Labute approximate surface area is 220 Å². The molecule has 2 aromatic rings. The number of aromatic nitrogens is 1. The number of halogens is 5. The fraction of sp³-hybridized carbons (Fsp3) is 0.480. The lowest BCUT2D eigenvalue weighted by molar-refractivity contribution is -0.272. The van der Waals surface area contributed by atoms with Gasteiger partial charge in [-0.3, -0.25) is 14.6 Å². The van der Waals surface area contributed by atoms with Gasteiger partial charge < -0.3 is 30.0 Å². The third-order valence-electron chi connectivity index (χ3n) is 6.75. The van der Waals surface area contributed by atoms with Crippen LogP contribution in [0.3, 0.4) is 0 Å². The van der Waals surface area contributed by atoms with Gasteiger partial charge in [-0.15, -0.1) is 0 Å². The van der Waals surface area contributed by atoms with E-state index in [1.54, 1.807) is 0 Å². The van der Waals surface area contributed by atoms with Gasteiger partial charge in [0, 0.05) is 43.5 Å². The normalized spacial score (nSPS) is 23.9. The lowest BCUT2D eigenvalue weighted by atomic mass is 9.77. The summed E-state index contributed by atoms with van der Waals surface area (Å²) in [6.07, 6.45) is -6.32. The number of primary amides is 1. The maximum atomic E-state index is 15.0. The highest BCUT2D eigenvalue weighted by molar-refractivity contribution is 5.97. The van der Waals surface area contributed by atoms with E-state index in [9.17, 15) is 27.2 Å². The number of carbonyl (C=O) groups is 2. The molecule has 0 spiro atoms. The first-order valence-electron chi connectivity index (χ1n) is 11.7. The third-order valence-corrected chi connectivity index (χ3v) is 6.75. The van der Waals surface area contributed by atoms with Crippen molar-refractivity contribution in [3.05, 3.63) is 53.4 Å². The van der Waals surface area contributed by atoms with Crippen LogP contribution >= 0.6 is 0 Å². The Hall–Kier alpha value is -3.36. The quantitative estimate of drug-likeness (QED) is 0.426. The standard InChI is InChI=1S/C25H28F5N3O6/c1-12-18(15-5-6-16(26)19(27)20(15)38-11-14(37-4)10-36-3)21(39-24(12,2)25(28,29)30)23(35)33-13-7-8-32-17(9-13)22(31)34/h5-9,12,14,18,21H,10-11H2,1-4H3,(H2,31,34)(H,32,33,35)/t12-,14-,18-,21+,24+/m0/s1. The van der Waals surface area contributed by atoms with E-state index >= 15 is 4.39 Å². The number of hydrogen-bond acceptors (Lipinski definition) is 7. The second kappa shape index (κ2) is 11.8. The summed E-state index contributed by atoms with van der Waals surface area (Å²) in [5.41, 5.74) is 1.94. The number of nitrogens with one attached hydrogen (secondary N) is 1. The fourth-order valence-electron chi connectivity index (χ4n) is 4.38. The molecule has 214 valence electrons. The molecule has 1 aromatic carbocycles.